The molecule has 0 radical (unpaired) electrons. The minimum Gasteiger partial charge on any atom is -0.484 e. The van der Waals surface area contributed by atoms with Crippen LogP contribution in [0.15, 0.2) is 24.3 Å². The van der Waals surface area contributed by atoms with Crippen molar-refractivity contribution in [3.8, 4) is 5.75 Å². The Morgan fingerprint density at radius 3 is 2.35 bits per heavy atom. The number of ether oxygens (including phenoxy) is 1. The second kappa shape index (κ2) is 9.37. The molecule has 4 heteroatoms. The van der Waals surface area contributed by atoms with Gasteiger partial charge in [0, 0.05) is 12.6 Å². The molecule has 112 valence electrons. The van der Waals surface area contributed by atoms with Gasteiger partial charge in [-0.2, -0.15) is 0 Å². The van der Waals surface area contributed by atoms with E-state index in [0.717, 1.165) is 31.7 Å². The van der Waals surface area contributed by atoms with Gasteiger partial charge in [-0.25, -0.2) is 0 Å². The van der Waals surface area contributed by atoms with E-state index in [0.29, 0.717) is 0 Å². The van der Waals surface area contributed by atoms with Gasteiger partial charge < -0.3 is 15.4 Å². The standard InChI is InChI=1S/C16H26N2O2/c1-4-14(5-2)18-16(19)12-20-15-9-7-13(8-10-15)11-17-6-3/h7-10,14,17H,4-6,11-12H2,1-3H3,(H,18,19). The summed E-state index contributed by atoms with van der Waals surface area (Å²) in [6.45, 7) is 8.09. The fourth-order valence-electron chi connectivity index (χ4n) is 1.88. The average molecular weight is 278 g/mol. The molecule has 1 aromatic carbocycles. The second-order valence-electron chi connectivity index (χ2n) is 4.79. The number of nitrogens with one attached hydrogen (secondary N) is 2. The number of carbonyl (C=O) groups excluding carboxylic acids is 1. The van der Waals surface area contributed by atoms with Crippen molar-refractivity contribution < 1.29 is 9.53 Å². The van der Waals surface area contributed by atoms with Gasteiger partial charge in [0.2, 0.25) is 0 Å². The molecule has 0 saturated carbocycles. The lowest BCUT2D eigenvalue weighted by Gasteiger charge is -2.15. The Morgan fingerprint density at radius 1 is 1.15 bits per heavy atom. The minimum atomic E-state index is -0.0598. The van der Waals surface area contributed by atoms with Gasteiger partial charge in [-0.3, -0.25) is 4.79 Å². The average Bonchev–Trinajstić information content (AvgIpc) is 2.49. The Kier molecular flexibility index (Phi) is 7.73. The number of carbonyl (C=O) groups is 1. The molecule has 20 heavy (non-hydrogen) atoms. The van der Waals surface area contributed by atoms with E-state index in [9.17, 15) is 4.79 Å². The van der Waals surface area contributed by atoms with Crippen molar-refractivity contribution in [3.63, 3.8) is 0 Å². The van der Waals surface area contributed by atoms with Crippen LogP contribution in [0.1, 0.15) is 39.2 Å². The summed E-state index contributed by atoms with van der Waals surface area (Å²) in [6, 6.07) is 8.07. The highest BCUT2D eigenvalue weighted by atomic mass is 16.5. The third-order valence-corrected chi connectivity index (χ3v) is 3.22. The summed E-state index contributed by atoms with van der Waals surface area (Å²) in [4.78, 5) is 11.7. The lowest BCUT2D eigenvalue weighted by molar-refractivity contribution is -0.123. The molecule has 2 N–H and O–H groups in total. The molecular weight excluding hydrogens is 252 g/mol. The maximum atomic E-state index is 11.7. The summed E-state index contributed by atoms with van der Waals surface area (Å²) < 4.78 is 5.48. The Balaban J connectivity index is 2.35. The molecule has 4 nitrogen and oxygen atoms in total. The molecule has 0 aliphatic carbocycles. The highest BCUT2D eigenvalue weighted by molar-refractivity contribution is 5.77. The number of hydrogen-bond acceptors (Lipinski definition) is 3. The van der Waals surface area contributed by atoms with E-state index in [1.165, 1.54) is 5.56 Å². The third kappa shape index (κ3) is 6.06. The van der Waals surface area contributed by atoms with E-state index in [1.807, 2.05) is 24.3 Å². The van der Waals surface area contributed by atoms with Crippen LogP contribution in [-0.2, 0) is 11.3 Å². The van der Waals surface area contributed by atoms with Crippen molar-refractivity contribution in [2.45, 2.75) is 46.2 Å². The van der Waals surface area contributed by atoms with Crippen LogP contribution in [0.2, 0.25) is 0 Å². The number of rotatable bonds is 9. The van der Waals surface area contributed by atoms with E-state index < -0.39 is 0 Å². The summed E-state index contributed by atoms with van der Waals surface area (Å²) in [5, 5.41) is 6.22. The van der Waals surface area contributed by atoms with Crippen molar-refractivity contribution in [2.24, 2.45) is 0 Å². The molecule has 0 fully saturated rings. The lowest BCUT2D eigenvalue weighted by Crippen LogP contribution is -2.37. The van der Waals surface area contributed by atoms with E-state index in [4.69, 9.17) is 4.74 Å². The molecule has 0 bridgehead atoms. The first kappa shape index (κ1) is 16.5. The zero-order chi connectivity index (χ0) is 14.8. The molecule has 0 aliphatic heterocycles. The van der Waals surface area contributed by atoms with Gasteiger partial charge in [0.15, 0.2) is 6.61 Å². The summed E-state index contributed by atoms with van der Waals surface area (Å²) in [6.07, 6.45) is 1.89. The van der Waals surface area contributed by atoms with Gasteiger partial charge in [0.05, 0.1) is 0 Å². The van der Waals surface area contributed by atoms with Crippen molar-refractivity contribution in [1.82, 2.24) is 10.6 Å². The largest absolute Gasteiger partial charge is 0.484 e. The highest BCUT2D eigenvalue weighted by Gasteiger charge is 2.08. The Labute approximate surface area is 121 Å². The van der Waals surface area contributed by atoms with Crippen LogP contribution in [0.25, 0.3) is 0 Å². The fraction of sp³-hybridized carbons (Fsp3) is 0.562. The quantitative estimate of drug-likeness (QED) is 0.729. The van der Waals surface area contributed by atoms with E-state index in [1.54, 1.807) is 0 Å². The minimum absolute atomic E-state index is 0.0598. The summed E-state index contributed by atoms with van der Waals surface area (Å²) >= 11 is 0. The Bertz CT molecular complexity index is 386. The van der Waals surface area contributed by atoms with Gasteiger partial charge >= 0.3 is 0 Å². The van der Waals surface area contributed by atoms with Gasteiger partial charge in [-0.1, -0.05) is 32.9 Å². The zero-order valence-electron chi connectivity index (χ0n) is 12.7. The van der Waals surface area contributed by atoms with Crippen LogP contribution in [0.4, 0.5) is 0 Å². The maximum Gasteiger partial charge on any atom is 0.258 e. The summed E-state index contributed by atoms with van der Waals surface area (Å²) in [5.41, 5.74) is 1.21. The Hall–Kier alpha value is -1.55. The number of benzene rings is 1. The smallest absolute Gasteiger partial charge is 0.258 e. The first-order valence-electron chi connectivity index (χ1n) is 7.41. The van der Waals surface area contributed by atoms with Crippen LogP contribution in [0, 0.1) is 0 Å². The maximum absolute atomic E-state index is 11.7. The monoisotopic (exact) mass is 278 g/mol. The molecule has 1 amide bonds. The van der Waals surface area contributed by atoms with Gasteiger partial charge in [-0.05, 0) is 37.1 Å². The molecule has 1 rings (SSSR count). The zero-order valence-corrected chi connectivity index (χ0v) is 12.7. The molecule has 0 spiro atoms. The predicted octanol–water partition coefficient (Wildman–Crippen LogP) is 2.48. The molecular formula is C16H26N2O2. The number of amides is 1. The molecule has 0 saturated heterocycles. The van der Waals surface area contributed by atoms with Crippen molar-refractivity contribution in [3.05, 3.63) is 29.8 Å². The molecule has 0 unspecified atom stereocenters. The van der Waals surface area contributed by atoms with Crippen LogP contribution in [0.5, 0.6) is 5.75 Å². The van der Waals surface area contributed by atoms with E-state index in [2.05, 4.69) is 31.4 Å². The van der Waals surface area contributed by atoms with E-state index >= 15 is 0 Å². The molecule has 0 atom stereocenters. The lowest BCUT2D eigenvalue weighted by atomic mass is 10.2. The summed E-state index contributed by atoms with van der Waals surface area (Å²) in [5.74, 6) is 0.667. The molecule has 0 aliphatic rings. The van der Waals surface area contributed by atoms with Gasteiger partial charge in [0.25, 0.3) is 5.91 Å². The normalized spacial score (nSPS) is 10.6. The van der Waals surface area contributed by atoms with Crippen LogP contribution in [-0.4, -0.2) is 25.1 Å². The van der Waals surface area contributed by atoms with Crippen LogP contribution >= 0.6 is 0 Å². The molecule has 0 aromatic heterocycles. The van der Waals surface area contributed by atoms with Gasteiger partial charge in [0.1, 0.15) is 5.75 Å². The second-order valence-corrected chi connectivity index (χ2v) is 4.79. The van der Waals surface area contributed by atoms with Gasteiger partial charge in [-0.15, -0.1) is 0 Å². The SMILES string of the molecule is CCNCc1ccc(OCC(=O)NC(CC)CC)cc1. The fourth-order valence-corrected chi connectivity index (χ4v) is 1.88. The van der Waals surface area contributed by atoms with Crippen LogP contribution in [0.3, 0.4) is 0 Å². The number of hydrogen-bond donors (Lipinski definition) is 2. The summed E-state index contributed by atoms with van der Waals surface area (Å²) in [7, 11) is 0. The third-order valence-electron chi connectivity index (χ3n) is 3.22. The molecule has 0 heterocycles. The van der Waals surface area contributed by atoms with Crippen LogP contribution < -0.4 is 15.4 Å². The Morgan fingerprint density at radius 2 is 1.80 bits per heavy atom. The van der Waals surface area contributed by atoms with Crippen molar-refractivity contribution in [2.75, 3.05) is 13.2 Å². The van der Waals surface area contributed by atoms with E-state index in [-0.39, 0.29) is 18.6 Å². The first-order valence-corrected chi connectivity index (χ1v) is 7.41. The highest BCUT2D eigenvalue weighted by Crippen LogP contribution is 2.12. The topological polar surface area (TPSA) is 50.4 Å². The molecule has 1 aromatic rings. The predicted molar refractivity (Wildman–Crippen MR) is 81.8 cm³/mol. The first-order chi connectivity index (χ1) is 9.69. The van der Waals surface area contributed by atoms with Crippen molar-refractivity contribution in [1.29, 1.82) is 0 Å². The van der Waals surface area contributed by atoms with Crippen molar-refractivity contribution >= 4 is 5.91 Å².